The van der Waals surface area contributed by atoms with Gasteiger partial charge in [0, 0.05) is 25.8 Å². The van der Waals surface area contributed by atoms with Crippen LogP contribution in [0.1, 0.15) is 46.3 Å². The lowest BCUT2D eigenvalue weighted by Gasteiger charge is -2.29. The van der Waals surface area contributed by atoms with Crippen molar-refractivity contribution in [3.05, 3.63) is 58.9 Å². The number of rotatable bonds is 5. The van der Waals surface area contributed by atoms with Crippen LogP contribution in [0.15, 0.2) is 30.5 Å². The molecule has 0 saturated carbocycles. The fraction of sp³-hybridized carbons (Fsp3) is 0.476. The lowest BCUT2D eigenvalue weighted by Crippen LogP contribution is -2.42. The fourth-order valence-corrected chi connectivity index (χ4v) is 5.88. The van der Waals surface area contributed by atoms with Gasteiger partial charge < -0.3 is 9.64 Å². The molecule has 2 aliphatic rings. The Bertz CT molecular complexity index is 1070. The number of benzene rings is 1. The average Bonchev–Trinajstić information content (AvgIpc) is 3.24. The molecule has 1 amide bonds. The summed E-state index contributed by atoms with van der Waals surface area (Å²) in [5.74, 6) is -0.524. The summed E-state index contributed by atoms with van der Waals surface area (Å²) in [4.78, 5) is 23.5. The molecule has 2 aromatic rings. The van der Waals surface area contributed by atoms with Crippen LogP contribution < -0.4 is 0 Å². The van der Waals surface area contributed by atoms with Crippen molar-refractivity contribution in [1.29, 1.82) is 0 Å². The summed E-state index contributed by atoms with van der Waals surface area (Å²) in [6, 6.07) is 5.04. The van der Waals surface area contributed by atoms with Crippen LogP contribution in [-0.2, 0) is 20.5 Å². The molecular formula is C21H25FN4O4S. The zero-order valence-corrected chi connectivity index (χ0v) is 18.1. The van der Waals surface area contributed by atoms with Crippen molar-refractivity contribution in [3.8, 4) is 0 Å². The van der Waals surface area contributed by atoms with E-state index in [-0.39, 0.29) is 11.7 Å². The molecule has 0 N–H and O–H groups in total. The van der Waals surface area contributed by atoms with E-state index < -0.39 is 21.9 Å². The number of sulfonamides is 1. The zero-order valence-electron chi connectivity index (χ0n) is 17.3. The van der Waals surface area contributed by atoms with Crippen LogP contribution in [0.25, 0.3) is 0 Å². The van der Waals surface area contributed by atoms with Gasteiger partial charge in [-0.15, -0.1) is 0 Å². The lowest BCUT2D eigenvalue weighted by molar-refractivity contribution is 0.0300. The maximum absolute atomic E-state index is 13.5. The fourth-order valence-electron chi connectivity index (χ4n) is 4.11. The second-order valence-corrected chi connectivity index (χ2v) is 9.70. The second kappa shape index (κ2) is 8.97. The molecule has 0 spiro atoms. The Balaban J connectivity index is 1.65. The first kappa shape index (κ1) is 21.8. The standard InChI is InChI=1S/C21H25FN4O4S/c1-15-23-13-18(21(27)25-8-10-30-11-9-25)20(24-15)19-6-3-7-26(19)31(28,29)14-16-4-2-5-17(22)12-16/h2,4-5,12-13,19H,3,6-11,14H2,1H3. The summed E-state index contributed by atoms with van der Waals surface area (Å²) in [6.45, 7) is 3.91. The number of carbonyl (C=O) groups excluding carboxylic acids is 1. The number of nitrogens with zero attached hydrogens (tertiary/aromatic N) is 4. The minimum atomic E-state index is -3.75. The molecule has 31 heavy (non-hydrogen) atoms. The van der Waals surface area contributed by atoms with Crippen molar-refractivity contribution < 1.29 is 22.3 Å². The monoisotopic (exact) mass is 448 g/mol. The highest BCUT2D eigenvalue weighted by Gasteiger charge is 2.38. The highest BCUT2D eigenvalue weighted by Crippen LogP contribution is 2.36. The molecule has 0 bridgehead atoms. The molecule has 3 heterocycles. The average molecular weight is 449 g/mol. The van der Waals surface area contributed by atoms with Crippen molar-refractivity contribution in [3.63, 3.8) is 0 Å². The number of halogens is 1. The van der Waals surface area contributed by atoms with E-state index in [0.717, 1.165) is 0 Å². The predicted octanol–water partition coefficient (Wildman–Crippen LogP) is 2.06. The number of morpholine rings is 1. The van der Waals surface area contributed by atoms with Gasteiger partial charge in [-0.25, -0.2) is 22.8 Å². The molecule has 0 radical (unpaired) electrons. The topological polar surface area (TPSA) is 92.7 Å². The quantitative estimate of drug-likeness (QED) is 0.695. The summed E-state index contributed by atoms with van der Waals surface area (Å²) < 4.78 is 46.7. The zero-order chi connectivity index (χ0) is 22.0. The largest absolute Gasteiger partial charge is 0.378 e. The number of carbonyl (C=O) groups is 1. The maximum Gasteiger partial charge on any atom is 0.257 e. The molecule has 2 saturated heterocycles. The lowest BCUT2D eigenvalue weighted by atomic mass is 10.1. The third-order valence-corrected chi connectivity index (χ3v) is 7.43. The minimum Gasteiger partial charge on any atom is -0.378 e. The molecule has 1 aromatic carbocycles. The third kappa shape index (κ3) is 4.76. The van der Waals surface area contributed by atoms with Crippen molar-refractivity contribution in [2.45, 2.75) is 31.6 Å². The number of aromatic nitrogens is 2. The Hall–Kier alpha value is -2.43. The van der Waals surface area contributed by atoms with Gasteiger partial charge in [0.25, 0.3) is 5.91 Å². The van der Waals surface area contributed by atoms with Gasteiger partial charge >= 0.3 is 0 Å². The van der Waals surface area contributed by atoms with Crippen LogP contribution in [0.3, 0.4) is 0 Å². The van der Waals surface area contributed by atoms with Crippen LogP contribution in [0.5, 0.6) is 0 Å². The smallest absolute Gasteiger partial charge is 0.257 e. The second-order valence-electron chi connectivity index (χ2n) is 7.78. The minimum absolute atomic E-state index is 0.215. The number of hydrogen-bond donors (Lipinski definition) is 0. The molecule has 1 unspecified atom stereocenters. The summed E-state index contributed by atoms with van der Waals surface area (Å²) in [6.07, 6.45) is 2.70. The Kier molecular flexibility index (Phi) is 6.31. The molecule has 8 nitrogen and oxygen atoms in total. The maximum atomic E-state index is 13.5. The molecule has 10 heteroatoms. The van der Waals surface area contributed by atoms with Crippen LogP contribution in [0.4, 0.5) is 4.39 Å². The van der Waals surface area contributed by atoms with E-state index >= 15 is 0 Å². The molecule has 1 atom stereocenters. The van der Waals surface area contributed by atoms with Gasteiger partial charge in [-0.3, -0.25) is 4.79 Å². The van der Waals surface area contributed by atoms with Crippen molar-refractivity contribution in [1.82, 2.24) is 19.2 Å². The van der Waals surface area contributed by atoms with Gasteiger partial charge in [0.1, 0.15) is 11.6 Å². The summed E-state index contributed by atoms with van der Waals surface area (Å²) in [5.41, 5.74) is 1.14. The number of amides is 1. The van der Waals surface area contributed by atoms with E-state index in [1.54, 1.807) is 17.9 Å². The Morgan fingerprint density at radius 3 is 2.77 bits per heavy atom. The van der Waals surface area contributed by atoms with Crippen LogP contribution >= 0.6 is 0 Å². The van der Waals surface area contributed by atoms with E-state index in [1.165, 1.54) is 28.7 Å². The van der Waals surface area contributed by atoms with Crippen molar-refractivity contribution in [2.24, 2.45) is 0 Å². The normalized spacial score (nSPS) is 20.2. The third-order valence-electron chi connectivity index (χ3n) is 5.58. The number of ether oxygens (including phenoxy) is 1. The van der Waals surface area contributed by atoms with Crippen LogP contribution in [0, 0.1) is 12.7 Å². The van der Waals surface area contributed by atoms with Gasteiger partial charge in [-0.2, -0.15) is 4.31 Å². The number of hydrogen-bond acceptors (Lipinski definition) is 6. The molecule has 4 rings (SSSR count). The Morgan fingerprint density at radius 2 is 2.03 bits per heavy atom. The highest BCUT2D eigenvalue weighted by molar-refractivity contribution is 7.88. The van der Waals surface area contributed by atoms with Gasteiger partial charge in [0.2, 0.25) is 10.0 Å². The number of aryl methyl sites for hydroxylation is 1. The van der Waals surface area contributed by atoms with Crippen LogP contribution in [-0.4, -0.2) is 66.3 Å². The first-order chi connectivity index (χ1) is 14.8. The van der Waals surface area contributed by atoms with E-state index in [9.17, 15) is 17.6 Å². The SMILES string of the molecule is Cc1ncc(C(=O)N2CCOCC2)c(C2CCCN2S(=O)(=O)Cc2cccc(F)c2)n1. The first-order valence-corrected chi connectivity index (χ1v) is 11.9. The highest BCUT2D eigenvalue weighted by atomic mass is 32.2. The Labute approximate surface area is 181 Å². The van der Waals surface area contributed by atoms with E-state index in [0.29, 0.717) is 68.3 Å². The van der Waals surface area contributed by atoms with Crippen molar-refractivity contribution in [2.75, 3.05) is 32.8 Å². The van der Waals surface area contributed by atoms with E-state index in [2.05, 4.69) is 9.97 Å². The van der Waals surface area contributed by atoms with E-state index in [4.69, 9.17) is 4.74 Å². The first-order valence-electron chi connectivity index (χ1n) is 10.3. The predicted molar refractivity (Wildman–Crippen MR) is 111 cm³/mol. The summed E-state index contributed by atoms with van der Waals surface area (Å²) in [7, 11) is -3.75. The van der Waals surface area contributed by atoms with Gasteiger partial charge in [-0.05, 0) is 37.5 Å². The molecule has 166 valence electrons. The molecular weight excluding hydrogens is 423 g/mol. The molecule has 1 aromatic heterocycles. The van der Waals surface area contributed by atoms with Gasteiger partial charge in [0.05, 0.1) is 36.3 Å². The van der Waals surface area contributed by atoms with Gasteiger partial charge in [0.15, 0.2) is 0 Å². The van der Waals surface area contributed by atoms with Crippen molar-refractivity contribution >= 4 is 15.9 Å². The van der Waals surface area contributed by atoms with Crippen LogP contribution in [0.2, 0.25) is 0 Å². The Morgan fingerprint density at radius 1 is 1.26 bits per heavy atom. The summed E-state index contributed by atoms with van der Waals surface area (Å²) >= 11 is 0. The summed E-state index contributed by atoms with van der Waals surface area (Å²) in [5, 5.41) is 0. The van der Waals surface area contributed by atoms with Gasteiger partial charge in [-0.1, -0.05) is 12.1 Å². The molecule has 2 aliphatic heterocycles. The molecule has 2 fully saturated rings. The molecule has 0 aliphatic carbocycles. The van der Waals surface area contributed by atoms with E-state index in [1.807, 2.05) is 0 Å².